The van der Waals surface area contributed by atoms with E-state index in [0.717, 1.165) is 34.5 Å². The monoisotopic (exact) mass is 417 g/mol. The molecule has 1 saturated heterocycles. The first-order chi connectivity index (χ1) is 13.4. The number of hydrogen-bond acceptors (Lipinski definition) is 4. The number of nitrogens with zero attached hydrogens (tertiary/aromatic N) is 3. The van der Waals surface area contributed by atoms with Crippen LogP contribution in [-0.2, 0) is 0 Å². The van der Waals surface area contributed by atoms with Crippen LogP contribution in [0.25, 0.3) is 11.1 Å². The summed E-state index contributed by atoms with van der Waals surface area (Å²) in [7, 11) is 0. The quantitative estimate of drug-likeness (QED) is 0.570. The molecule has 144 valence electrons. The summed E-state index contributed by atoms with van der Waals surface area (Å²) in [6.07, 6.45) is 0.798. The summed E-state index contributed by atoms with van der Waals surface area (Å²) in [6, 6.07) is 10.1. The maximum atomic E-state index is 14.0. The van der Waals surface area contributed by atoms with Crippen LogP contribution in [0.3, 0.4) is 0 Å². The molecule has 0 spiro atoms. The molecular weight excluding hydrogens is 400 g/mol. The number of amides is 2. The molecule has 0 saturated carbocycles. The topological polar surface area (TPSA) is 36.4 Å². The first kappa shape index (κ1) is 18.9. The number of carbonyl (C=O) groups is 1. The number of urea groups is 1. The summed E-state index contributed by atoms with van der Waals surface area (Å²) in [5.74, 6) is -0.985. The highest BCUT2D eigenvalue weighted by molar-refractivity contribution is 7.83. The van der Waals surface area contributed by atoms with Crippen molar-refractivity contribution in [1.82, 2.24) is 4.98 Å². The van der Waals surface area contributed by atoms with Crippen LogP contribution in [0.2, 0.25) is 0 Å². The van der Waals surface area contributed by atoms with Gasteiger partial charge in [0.2, 0.25) is 0 Å². The predicted octanol–water partition coefficient (Wildman–Crippen LogP) is 5.52. The van der Waals surface area contributed by atoms with Crippen LogP contribution >= 0.6 is 24.0 Å². The Bertz CT molecular complexity index is 1020. The summed E-state index contributed by atoms with van der Waals surface area (Å²) < 4.78 is 28.2. The summed E-state index contributed by atoms with van der Waals surface area (Å²) in [5, 5.41) is 0.635. The van der Waals surface area contributed by atoms with Gasteiger partial charge in [-0.3, -0.25) is 9.80 Å². The van der Waals surface area contributed by atoms with Crippen molar-refractivity contribution in [2.24, 2.45) is 0 Å². The molecule has 1 fully saturated rings. The minimum Gasteiger partial charge on any atom is -0.294 e. The van der Waals surface area contributed by atoms with Gasteiger partial charge in [-0.1, -0.05) is 23.5 Å². The molecule has 8 heteroatoms. The number of aromatic nitrogens is 1. The zero-order valence-electron chi connectivity index (χ0n) is 15.0. The molecule has 0 aliphatic carbocycles. The third-order valence-electron chi connectivity index (χ3n) is 4.64. The molecule has 0 N–H and O–H groups in total. The van der Waals surface area contributed by atoms with Gasteiger partial charge in [-0.15, -0.1) is 12.6 Å². The maximum absolute atomic E-state index is 14.0. The van der Waals surface area contributed by atoms with Gasteiger partial charge < -0.3 is 0 Å². The summed E-state index contributed by atoms with van der Waals surface area (Å²) in [4.78, 5) is 20.7. The number of hydrogen-bond donors (Lipinski definition) is 1. The molecule has 4 nitrogen and oxygen atoms in total. The van der Waals surface area contributed by atoms with Crippen LogP contribution in [0, 0.1) is 18.6 Å². The molecular formula is C20H17F2N3OS2. The van der Waals surface area contributed by atoms with Crippen LogP contribution in [-0.4, -0.2) is 24.1 Å². The fourth-order valence-corrected chi connectivity index (χ4v) is 4.29. The van der Waals surface area contributed by atoms with Gasteiger partial charge in [0.1, 0.15) is 11.6 Å². The van der Waals surface area contributed by atoms with E-state index in [4.69, 9.17) is 0 Å². The number of aryl methyl sites for hydroxylation is 1. The lowest BCUT2D eigenvalue weighted by Gasteiger charge is -2.34. The van der Waals surface area contributed by atoms with Gasteiger partial charge in [0, 0.05) is 24.3 Å². The highest BCUT2D eigenvalue weighted by atomic mass is 32.2. The molecule has 0 radical (unpaired) electrons. The first-order valence-corrected chi connectivity index (χ1v) is 10.0. The highest BCUT2D eigenvalue weighted by Crippen LogP contribution is 2.32. The molecule has 2 aromatic carbocycles. The highest BCUT2D eigenvalue weighted by Gasteiger charge is 2.30. The van der Waals surface area contributed by atoms with Crippen molar-refractivity contribution in [2.45, 2.75) is 17.6 Å². The smallest absolute Gasteiger partial charge is 0.294 e. The van der Waals surface area contributed by atoms with Crippen LogP contribution in [0.4, 0.5) is 24.4 Å². The number of anilines is 2. The largest absolute Gasteiger partial charge is 0.330 e. The lowest BCUT2D eigenvalue weighted by Crippen LogP contribution is -2.49. The van der Waals surface area contributed by atoms with Gasteiger partial charge in [-0.2, -0.15) is 0 Å². The van der Waals surface area contributed by atoms with Crippen LogP contribution in [0.15, 0.2) is 46.7 Å². The van der Waals surface area contributed by atoms with Crippen LogP contribution < -0.4 is 9.80 Å². The van der Waals surface area contributed by atoms with Gasteiger partial charge >= 0.3 is 6.03 Å². The van der Waals surface area contributed by atoms with E-state index in [1.165, 1.54) is 11.3 Å². The Balaban J connectivity index is 1.60. The molecule has 2 amide bonds. The second-order valence-electron chi connectivity index (χ2n) is 6.50. The summed E-state index contributed by atoms with van der Waals surface area (Å²) in [6.45, 7) is 3.04. The zero-order valence-corrected chi connectivity index (χ0v) is 16.7. The Labute approximate surface area is 170 Å². The number of carbonyl (C=O) groups excluding carboxylic acids is 1. The van der Waals surface area contributed by atoms with Gasteiger partial charge in [0.15, 0.2) is 5.13 Å². The fourth-order valence-electron chi connectivity index (χ4n) is 3.17. The first-order valence-electron chi connectivity index (χ1n) is 8.75. The third-order valence-corrected chi connectivity index (χ3v) is 6.22. The van der Waals surface area contributed by atoms with Crippen molar-refractivity contribution >= 4 is 40.8 Å². The van der Waals surface area contributed by atoms with E-state index in [1.54, 1.807) is 34.1 Å². The van der Waals surface area contributed by atoms with Gasteiger partial charge in [-0.25, -0.2) is 18.6 Å². The molecule has 0 unspecified atom stereocenters. The minimum absolute atomic E-state index is 0.155. The Morgan fingerprint density at radius 1 is 1.07 bits per heavy atom. The molecule has 3 aromatic rings. The Hall–Kier alpha value is -2.45. The van der Waals surface area contributed by atoms with E-state index in [-0.39, 0.29) is 11.6 Å². The molecule has 0 bridgehead atoms. The van der Waals surface area contributed by atoms with Crippen molar-refractivity contribution < 1.29 is 13.6 Å². The van der Waals surface area contributed by atoms with Crippen LogP contribution in [0.1, 0.15) is 12.1 Å². The van der Waals surface area contributed by atoms with E-state index in [1.807, 2.05) is 6.92 Å². The molecule has 28 heavy (non-hydrogen) atoms. The normalized spacial score (nSPS) is 14.6. The van der Waals surface area contributed by atoms with Crippen LogP contribution in [0.5, 0.6) is 0 Å². The van der Waals surface area contributed by atoms with E-state index in [2.05, 4.69) is 17.6 Å². The number of halogens is 2. The number of benzene rings is 2. The number of rotatable bonds is 3. The second kappa shape index (κ2) is 7.52. The van der Waals surface area contributed by atoms with E-state index >= 15 is 0 Å². The predicted molar refractivity (Wildman–Crippen MR) is 111 cm³/mol. The molecule has 4 rings (SSSR count). The molecule has 1 aliphatic rings. The van der Waals surface area contributed by atoms with Gasteiger partial charge in [-0.05, 0) is 49.2 Å². The van der Waals surface area contributed by atoms with E-state index < -0.39 is 11.6 Å². The SMILES string of the molecule is Cc1nc(N2CCCN(c3ccc(-c4cc(F)ccc4F)cc3)C2=O)sc1S. The lowest BCUT2D eigenvalue weighted by atomic mass is 10.0. The Morgan fingerprint density at radius 3 is 2.46 bits per heavy atom. The second-order valence-corrected chi connectivity index (χ2v) is 8.22. The zero-order chi connectivity index (χ0) is 19.8. The van der Waals surface area contributed by atoms with Crippen molar-refractivity contribution in [1.29, 1.82) is 0 Å². The summed E-state index contributed by atoms with van der Waals surface area (Å²) in [5.41, 5.74) is 2.25. The van der Waals surface area contributed by atoms with Crippen molar-refractivity contribution in [2.75, 3.05) is 22.9 Å². The Kier molecular flexibility index (Phi) is 5.07. The van der Waals surface area contributed by atoms with Gasteiger partial charge in [0.05, 0.1) is 9.90 Å². The summed E-state index contributed by atoms with van der Waals surface area (Å²) >= 11 is 5.75. The van der Waals surface area contributed by atoms with E-state index in [0.29, 0.717) is 29.5 Å². The van der Waals surface area contributed by atoms with Crippen molar-refractivity contribution in [3.05, 3.63) is 59.8 Å². The Morgan fingerprint density at radius 2 is 1.79 bits per heavy atom. The maximum Gasteiger partial charge on any atom is 0.330 e. The van der Waals surface area contributed by atoms with Crippen molar-refractivity contribution in [3.63, 3.8) is 0 Å². The number of thiol groups is 1. The third kappa shape index (κ3) is 3.49. The van der Waals surface area contributed by atoms with E-state index in [9.17, 15) is 13.6 Å². The average molecular weight is 418 g/mol. The average Bonchev–Trinajstić information content (AvgIpc) is 3.02. The number of thiazole rings is 1. The molecule has 1 aliphatic heterocycles. The molecule has 0 atom stereocenters. The minimum atomic E-state index is -0.496. The standard InChI is InChI=1S/C20H17F2N3OS2/c1-12-18(27)28-19(23-12)25-10-2-9-24(20(25)26)15-6-3-13(4-7-15)16-11-14(21)5-8-17(16)22/h3-8,11,27H,2,9-10H2,1H3. The fraction of sp³-hybridized carbons (Fsp3) is 0.200. The lowest BCUT2D eigenvalue weighted by molar-refractivity contribution is 0.248. The van der Waals surface area contributed by atoms with Gasteiger partial charge in [0.25, 0.3) is 0 Å². The molecule has 2 heterocycles. The van der Waals surface area contributed by atoms with Crippen molar-refractivity contribution in [3.8, 4) is 11.1 Å². The molecule has 1 aromatic heterocycles.